The van der Waals surface area contributed by atoms with Crippen molar-refractivity contribution in [3.63, 3.8) is 0 Å². The predicted octanol–water partition coefficient (Wildman–Crippen LogP) is 4.44. The maximum Gasteiger partial charge on any atom is 0.240 e. The first kappa shape index (κ1) is 20.6. The van der Waals surface area contributed by atoms with Gasteiger partial charge in [-0.25, -0.2) is 0 Å². The Kier molecular flexibility index (Phi) is 6.88. The van der Waals surface area contributed by atoms with E-state index in [2.05, 4.69) is 36.8 Å². The third-order valence-corrected chi connectivity index (χ3v) is 5.68. The molecule has 3 rings (SSSR count). The Balaban J connectivity index is 1.58. The molecule has 1 atom stereocenters. The summed E-state index contributed by atoms with van der Waals surface area (Å²) in [6.07, 6.45) is 0.0471. The molecule has 0 unspecified atom stereocenters. The maximum atomic E-state index is 12.2. The van der Waals surface area contributed by atoms with Gasteiger partial charge in [-0.15, -0.1) is 5.10 Å². The van der Waals surface area contributed by atoms with E-state index < -0.39 is 5.25 Å². The first-order valence-electron chi connectivity index (χ1n) is 8.32. The number of amidine groups is 1. The van der Waals surface area contributed by atoms with Crippen LogP contribution in [-0.2, 0) is 9.59 Å². The van der Waals surface area contributed by atoms with Crippen LogP contribution in [0, 0.1) is 0 Å². The van der Waals surface area contributed by atoms with E-state index in [1.165, 1.54) is 11.8 Å². The van der Waals surface area contributed by atoms with Gasteiger partial charge in [0.1, 0.15) is 5.25 Å². The minimum absolute atomic E-state index is 0.0471. The average Bonchev–Trinajstić information content (AvgIpc) is 3.01. The molecule has 1 saturated heterocycles. The third-order valence-electron chi connectivity index (χ3n) is 3.83. The molecule has 1 fully saturated rings. The van der Waals surface area contributed by atoms with E-state index in [4.69, 9.17) is 11.6 Å². The second-order valence-corrected chi connectivity index (χ2v) is 8.50. The smallest absolute Gasteiger partial charge is 0.240 e. The Morgan fingerprint density at radius 2 is 1.89 bits per heavy atom. The lowest BCUT2D eigenvalue weighted by molar-refractivity contribution is -0.122. The fraction of sp³-hybridized carbons (Fsp3) is 0.158. The zero-order valence-corrected chi connectivity index (χ0v) is 17.9. The largest absolute Gasteiger partial charge is 0.326 e. The molecule has 2 aromatic rings. The molecule has 9 heteroatoms. The van der Waals surface area contributed by atoms with Crippen LogP contribution < -0.4 is 10.6 Å². The van der Waals surface area contributed by atoms with E-state index in [0.29, 0.717) is 21.6 Å². The third kappa shape index (κ3) is 5.67. The van der Waals surface area contributed by atoms with Gasteiger partial charge in [0.15, 0.2) is 5.17 Å². The monoisotopic (exact) mass is 478 g/mol. The molecule has 0 saturated carbocycles. The lowest BCUT2D eigenvalue weighted by Crippen LogP contribution is -2.28. The molecule has 0 bridgehead atoms. The van der Waals surface area contributed by atoms with E-state index in [0.717, 1.165) is 10.0 Å². The fourth-order valence-corrected chi connectivity index (χ4v) is 3.68. The van der Waals surface area contributed by atoms with E-state index in [1.54, 1.807) is 24.3 Å². The number of halogens is 2. The number of rotatable bonds is 5. The summed E-state index contributed by atoms with van der Waals surface area (Å²) < 4.78 is 0.923. The van der Waals surface area contributed by atoms with Crippen LogP contribution in [0.5, 0.6) is 0 Å². The van der Waals surface area contributed by atoms with Crippen molar-refractivity contribution in [2.75, 3.05) is 5.32 Å². The van der Waals surface area contributed by atoms with E-state index in [9.17, 15) is 9.59 Å². The second-order valence-electron chi connectivity index (χ2n) is 5.95. The van der Waals surface area contributed by atoms with Crippen LogP contribution >= 0.6 is 39.3 Å². The van der Waals surface area contributed by atoms with Crippen LogP contribution in [0.4, 0.5) is 5.69 Å². The van der Waals surface area contributed by atoms with Gasteiger partial charge in [0.05, 0.1) is 5.71 Å². The first-order chi connectivity index (χ1) is 13.4. The van der Waals surface area contributed by atoms with Crippen LogP contribution in [0.3, 0.4) is 0 Å². The van der Waals surface area contributed by atoms with Crippen LogP contribution in [-0.4, -0.2) is 27.9 Å². The van der Waals surface area contributed by atoms with Gasteiger partial charge in [0.25, 0.3) is 0 Å². The summed E-state index contributed by atoms with van der Waals surface area (Å²) in [5, 5.41) is 14.2. The number of thioether (sulfide) groups is 1. The minimum atomic E-state index is -0.541. The van der Waals surface area contributed by atoms with Gasteiger partial charge < -0.3 is 10.6 Å². The van der Waals surface area contributed by atoms with Gasteiger partial charge in [-0.1, -0.05) is 51.4 Å². The van der Waals surface area contributed by atoms with Crippen LogP contribution in [0.25, 0.3) is 0 Å². The van der Waals surface area contributed by atoms with Crippen molar-refractivity contribution < 1.29 is 9.59 Å². The van der Waals surface area contributed by atoms with Crippen molar-refractivity contribution in [1.82, 2.24) is 5.32 Å². The van der Waals surface area contributed by atoms with E-state index in [-0.39, 0.29) is 18.2 Å². The summed E-state index contributed by atoms with van der Waals surface area (Å²) in [5.74, 6) is -0.494. The fourth-order valence-electron chi connectivity index (χ4n) is 2.37. The quantitative estimate of drug-likeness (QED) is 0.491. The number of hydrogen-bond acceptors (Lipinski definition) is 5. The topological polar surface area (TPSA) is 82.9 Å². The highest BCUT2D eigenvalue weighted by molar-refractivity contribution is 9.10. The number of carbonyl (C=O) groups is 2. The molecular formula is C19H16BrClN4O2S. The van der Waals surface area contributed by atoms with Gasteiger partial charge in [-0.3, -0.25) is 9.59 Å². The van der Waals surface area contributed by atoms with Gasteiger partial charge >= 0.3 is 0 Å². The summed E-state index contributed by atoms with van der Waals surface area (Å²) in [6.45, 7) is 1.82. The van der Waals surface area contributed by atoms with E-state index in [1.807, 2.05) is 31.2 Å². The standard InChI is InChI=1S/C19H16BrClN4O2S/c1-11(12-2-6-14(21)7-3-12)24-25-19-23-18(27)16(28-19)10-17(26)22-15-8-4-13(20)5-9-15/h2-9,16H,10H2,1H3,(H,22,26)(H,23,25,27)/b24-11-/t16-/m1/s1. The summed E-state index contributed by atoms with van der Waals surface area (Å²) in [6, 6.07) is 14.5. The van der Waals surface area contributed by atoms with Crippen molar-refractivity contribution >= 4 is 67.7 Å². The highest BCUT2D eigenvalue weighted by Crippen LogP contribution is 2.23. The Bertz CT molecular complexity index is 945. The molecule has 0 spiro atoms. The Morgan fingerprint density at radius 3 is 2.57 bits per heavy atom. The van der Waals surface area contributed by atoms with Gasteiger partial charge in [0, 0.05) is 21.6 Å². The molecule has 2 amide bonds. The SMILES string of the molecule is C/C(=N/N=C1/NC(=O)[C@@H](CC(=O)Nc2ccc(Br)cc2)S1)c1ccc(Cl)cc1. The molecule has 28 heavy (non-hydrogen) atoms. The van der Waals surface area contributed by atoms with Crippen LogP contribution in [0.2, 0.25) is 5.02 Å². The van der Waals surface area contributed by atoms with Crippen molar-refractivity contribution in [2.24, 2.45) is 10.2 Å². The minimum Gasteiger partial charge on any atom is -0.326 e. The van der Waals surface area contributed by atoms with Crippen molar-refractivity contribution in [2.45, 2.75) is 18.6 Å². The number of carbonyl (C=O) groups excluding carboxylic acids is 2. The Hall–Kier alpha value is -2.16. The van der Waals surface area contributed by atoms with Gasteiger partial charge in [-0.05, 0) is 48.9 Å². The highest BCUT2D eigenvalue weighted by Gasteiger charge is 2.32. The van der Waals surface area contributed by atoms with Gasteiger partial charge in [-0.2, -0.15) is 5.10 Å². The molecule has 0 aliphatic carbocycles. The summed E-state index contributed by atoms with van der Waals surface area (Å²) >= 11 is 10.4. The summed E-state index contributed by atoms with van der Waals surface area (Å²) in [5.41, 5.74) is 2.25. The zero-order valence-electron chi connectivity index (χ0n) is 14.8. The summed E-state index contributed by atoms with van der Waals surface area (Å²) in [7, 11) is 0. The molecular weight excluding hydrogens is 464 g/mol. The first-order valence-corrected chi connectivity index (χ1v) is 10.4. The maximum absolute atomic E-state index is 12.2. The molecule has 1 aliphatic rings. The number of nitrogens with one attached hydrogen (secondary N) is 2. The lowest BCUT2D eigenvalue weighted by Gasteiger charge is -2.07. The predicted molar refractivity (Wildman–Crippen MR) is 118 cm³/mol. The van der Waals surface area contributed by atoms with Crippen molar-refractivity contribution in [1.29, 1.82) is 0 Å². The number of amides is 2. The van der Waals surface area contributed by atoms with Crippen LogP contribution in [0.1, 0.15) is 18.9 Å². The molecule has 0 radical (unpaired) electrons. The number of benzene rings is 2. The number of anilines is 1. The molecule has 6 nitrogen and oxygen atoms in total. The van der Waals surface area contributed by atoms with E-state index >= 15 is 0 Å². The van der Waals surface area contributed by atoms with Crippen molar-refractivity contribution in [3.05, 3.63) is 63.6 Å². The molecule has 0 aromatic heterocycles. The zero-order chi connectivity index (χ0) is 20.1. The molecule has 2 N–H and O–H groups in total. The Labute approximate surface area is 180 Å². The summed E-state index contributed by atoms with van der Waals surface area (Å²) in [4.78, 5) is 24.3. The molecule has 144 valence electrons. The molecule has 1 aliphatic heterocycles. The van der Waals surface area contributed by atoms with Crippen LogP contribution in [0.15, 0.2) is 63.2 Å². The number of nitrogens with zero attached hydrogens (tertiary/aromatic N) is 2. The van der Waals surface area contributed by atoms with Crippen molar-refractivity contribution in [3.8, 4) is 0 Å². The lowest BCUT2D eigenvalue weighted by atomic mass is 10.1. The normalized spacial score (nSPS) is 18.2. The second kappa shape index (κ2) is 9.36. The Morgan fingerprint density at radius 1 is 1.21 bits per heavy atom. The molecule has 2 aromatic carbocycles. The number of hydrogen-bond donors (Lipinski definition) is 2. The average molecular weight is 480 g/mol. The highest BCUT2D eigenvalue weighted by atomic mass is 79.9. The molecule has 1 heterocycles. The van der Waals surface area contributed by atoms with Gasteiger partial charge in [0.2, 0.25) is 11.8 Å².